The van der Waals surface area contributed by atoms with Gasteiger partial charge in [-0.15, -0.1) is 12.6 Å². The Bertz CT molecular complexity index is 499. The minimum Gasteiger partial charge on any atom is -0.352 e. The van der Waals surface area contributed by atoms with Crippen LogP contribution < -0.4 is 5.32 Å². The molecule has 0 atom stereocenters. The van der Waals surface area contributed by atoms with Gasteiger partial charge >= 0.3 is 0 Å². The van der Waals surface area contributed by atoms with Gasteiger partial charge in [-0.1, -0.05) is 17.3 Å². The molecule has 1 heterocycles. The van der Waals surface area contributed by atoms with Gasteiger partial charge in [0.2, 0.25) is 6.39 Å². The molecule has 0 aliphatic heterocycles. The SMILES string of the molecule is O=C(NCCc1ncon1)c1ccccc1S. The van der Waals surface area contributed by atoms with Crippen molar-refractivity contribution >= 4 is 18.5 Å². The quantitative estimate of drug-likeness (QED) is 0.802. The Morgan fingerprint density at radius 3 is 2.94 bits per heavy atom. The highest BCUT2D eigenvalue weighted by molar-refractivity contribution is 7.80. The fourth-order valence-electron chi connectivity index (χ4n) is 1.35. The molecule has 0 aliphatic rings. The van der Waals surface area contributed by atoms with Gasteiger partial charge in [-0.05, 0) is 12.1 Å². The number of benzene rings is 1. The van der Waals surface area contributed by atoms with Crippen LogP contribution in [0.3, 0.4) is 0 Å². The molecule has 2 aromatic rings. The van der Waals surface area contributed by atoms with E-state index in [9.17, 15) is 4.79 Å². The van der Waals surface area contributed by atoms with Crippen LogP contribution >= 0.6 is 12.6 Å². The van der Waals surface area contributed by atoms with E-state index in [4.69, 9.17) is 0 Å². The maximum atomic E-state index is 11.8. The predicted octanol–water partition coefficient (Wildman–Crippen LogP) is 1.33. The van der Waals surface area contributed by atoms with Crippen LogP contribution in [-0.2, 0) is 6.42 Å². The highest BCUT2D eigenvalue weighted by Crippen LogP contribution is 2.12. The van der Waals surface area contributed by atoms with Crippen LogP contribution in [0.2, 0.25) is 0 Å². The summed E-state index contributed by atoms with van der Waals surface area (Å²) in [7, 11) is 0. The first-order chi connectivity index (χ1) is 8.27. The number of nitrogens with zero attached hydrogens (tertiary/aromatic N) is 2. The second-order valence-electron chi connectivity index (χ2n) is 3.37. The molecule has 0 radical (unpaired) electrons. The first-order valence-corrected chi connectivity index (χ1v) is 5.53. The number of thiol groups is 1. The number of hydrogen-bond donors (Lipinski definition) is 2. The smallest absolute Gasteiger partial charge is 0.252 e. The molecule has 17 heavy (non-hydrogen) atoms. The molecular weight excluding hydrogens is 238 g/mol. The molecule has 0 fully saturated rings. The maximum absolute atomic E-state index is 11.8. The van der Waals surface area contributed by atoms with Crippen molar-refractivity contribution in [2.24, 2.45) is 0 Å². The standard InChI is InChI=1S/C11H11N3O2S/c15-11(8-3-1-2-4-9(8)17)12-6-5-10-13-7-16-14-10/h1-4,7,17H,5-6H2,(H,12,15). The molecule has 0 saturated carbocycles. The van der Waals surface area contributed by atoms with Crippen LogP contribution in [0.15, 0.2) is 40.1 Å². The Kier molecular flexibility index (Phi) is 3.77. The van der Waals surface area contributed by atoms with Crippen molar-refractivity contribution in [1.82, 2.24) is 15.5 Å². The highest BCUT2D eigenvalue weighted by atomic mass is 32.1. The van der Waals surface area contributed by atoms with Gasteiger partial charge in [0.15, 0.2) is 5.82 Å². The monoisotopic (exact) mass is 249 g/mol. The fraction of sp³-hybridized carbons (Fsp3) is 0.182. The van der Waals surface area contributed by atoms with Crippen LogP contribution in [0.5, 0.6) is 0 Å². The Balaban J connectivity index is 1.88. The lowest BCUT2D eigenvalue weighted by Gasteiger charge is -2.05. The molecule has 1 amide bonds. The van der Waals surface area contributed by atoms with Crippen LogP contribution in [0, 0.1) is 0 Å². The lowest BCUT2D eigenvalue weighted by molar-refractivity contribution is 0.0951. The van der Waals surface area contributed by atoms with E-state index in [2.05, 4.69) is 32.6 Å². The Morgan fingerprint density at radius 1 is 1.41 bits per heavy atom. The van der Waals surface area contributed by atoms with Crippen LogP contribution in [0.1, 0.15) is 16.2 Å². The second-order valence-corrected chi connectivity index (χ2v) is 3.85. The van der Waals surface area contributed by atoms with E-state index in [0.717, 1.165) is 0 Å². The summed E-state index contributed by atoms with van der Waals surface area (Å²) in [5, 5.41) is 6.42. The maximum Gasteiger partial charge on any atom is 0.252 e. The molecular formula is C11H11N3O2S. The van der Waals surface area contributed by atoms with Gasteiger partial charge in [-0.2, -0.15) is 4.98 Å². The van der Waals surface area contributed by atoms with Crippen molar-refractivity contribution in [1.29, 1.82) is 0 Å². The first kappa shape index (κ1) is 11.7. The van der Waals surface area contributed by atoms with Gasteiger partial charge in [0.25, 0.3) is 5.91 Å². The van der Waals surface area contributed by atoms with Gasteiger partial charge in [-0.25, -0.2) is 0 Å². The number of hydrogen-bond acceptors (Lipinski definition) is 5. The summed E-state index contributed by atoms with van der Waals surface area (Å²) in [6.45, 7) is 0.459. The molecule has 0 unspecified atom stereocenters. The molecule has 88 valence electrons. The molecule has 0 saturated heterocycles. The zero-order valence-electron chi connectivity index (χ0n) is 8.96. The van der Waals surface area contributed by atoms with E-state index in [-0.39, 0.29) is 5.91 Å². The van der Waals surface area contributed by atoms with Gasteiger partial charge in [0.1, 0.15) is 0 Å². The summed E-state index contributed by atoms with van der Waals surface area (Å²) in [5.74, 6) is 0.420. The average molecular weight is 249 g/mol. The molecule has 2 rings (SSSR count). The second kappa shape index (κ2) is 5.49. The number of carbonyl (C=O) groups excluding carboxylic acids is 1. The average Bonchev–Trinajstić information content (AvgIpc) is 2.82. The van der Waals surface area contributed by atoms with Gasteiger partial charge in [0.05, 0.1) is 5.56 Å². The number of nitrogens with one attached hydrogen (secondary N) is 1. The van der Waals surface area contributed by atoms with Gasteiger partial charge < -0.3 is 9.84 Å². The fourth-order valence-corrected chi connectivity index (χ4v) is 1.61. The third-order valence-corrected chi connectivity index (χ3v) is 2.58. The molecule has 5 nitrogen and oxygen atoms in total. The number of carbonyl (C=O) groups is 1. The predicted molar refractivity (Wildman–Crippen MR) is 64.0 cm³/mol. The number of amides is 1. The molecule has 0 spiro atoms. The number of aromatic nitrogens is 2. The van der Waals surface area contributed by atoms with E-state index in [0.29, 0.717) is 29.2 Å². The Morgan fingerprint density at radius 2 is 2.24 bits per heavy atom. The molecule has 0 bridgehead atoms. The summed E-state index contributed by atoms with van der Waals surface area (Å²) < 4.78 is 4.59. The molecule has 1 N–H and O–H groups in total. The zero-order valence-corrected chi connectivity index (χ0v) is 9.85. The van der Waals surface area contributed by atoms with Crippen LogP contribution in [-0.4, -0.2) is 22.6 Å². The van der Waals surface area contributed by atoms with Crippen molar-refractivity contribution in [2.75, 3.05) is 6.54 Å². The van der Waals surface area contributed by atoms with E-state index in [1.807, 2.05) is 6.07 Å². The van der Waals surface area contributed by atoms with Crippen LogP contribution in [0.25, 0.3) is 0 Å². The summed E-state index contributed by atoms with van der Waals surface area (Å²) in [6.07, 6.45) is 1.80. The molecule has 1 aromatic carbocycles. The molecule has 0 aliphatic carbocycles. The normalized spacial score (nSPS) is 10.2. The van der Waals surface area contributed by atoms with Gasteiger partial charge in [0, 0.05) is 17.9 Å². The zero-order chi connectivity index (χ0) is 12.1. The minimum atomic E-state index is -0.154. The lowest BCUT2D eigenvalue weighted by atomic mass is 10.2. The molecule has 1 aromatic heterocycles. The van der Waals surface area contributed by atoms with Gasteiger partial charge in [-0.3, -0.25) is 4.79 Å². The number of rotatable bonds is 4. The van der Waals surface area contributed by atoms with Crippen molar-refractivity contribution in [3.63, 3.8) is 0 Å². The van der Waals surface area contributed by atoms with Crippen molar-refractivity contribution in [3.05, 3.63) is 42.0 Å². The third kappa shape index (κ3) is 3.07. The van der Waals surface area contributed by atoms with Crippen molar-refractivity contribution in [3.8, 4) is 0 Å². The van der Waals surface area contributed by atoms with E-state index >= 15 is 0 Å². The topological polar surface area (TPSA) is 68.0 Å². The lowest BCUT2D eigenvalue weighted by Crippen LogP contribution is -2.26. The first-order valence-electron chi connectivity index (χ1n) is 5.09. The molecule has 6 heteroatoms. The summed E-state index contributed by atoms with van der Waals surface area (Å²) in [6, 6.07) is 7.13. The van der Waals surface area contributed by atoms with Crippen LogP contribution in [0.4, 0.5) is 0 Å². The highest BCUT2D eigenvalue weighted by Gasteiger charge is 2.08. The Labute approximate surface area is 104 Å². The summed E-state index contributed by atoms with van der Waals surface area (Å²) in [4.78, 5) is 16.3. The van der Waals surface area contributed by atoms with E-state index < -0.39 is 0 Å². The largest absolute Gasteiger partial charge is 0.352 e. The Hall–Kier alpha value is -1.82. The van der Waals surface area contributed by atoms with Crippen molar-refractivity contribution in [2.45, 2.75) is 11.3 Å². The van der Waals surface area contributed by atoms with E-state index in [1.54, 1.807) is 18.2 Å². The van der Waals surface area contributed by atoms with E-state index in [1.165, 1.54) is 6.39 Å². The summed E-state index contributed by atoms with van der Waals surface area (Å²) in [5.41, 5.74) is 0.559. The minimum absolute atomic E-state index is 0.154. The summed E-state index contributed by atoms with van der Waals surface area (Å²) >= 11 is 4.22. The van der Waals surface area contributed by atoms with Crippen molar-refractivity contribution < 1.29 is 9.32 Å². The third-order valence-electron chi connectivity index (χ3n) is 2.19.